The van der Waals surface area contributed by atoms with Crippen molar-refractivity contribution in [2.45, 2.75) is 20.4 Å². The van der Waals surface area contributed by atoms with E-state index < -0.39 is 0 Å². The van der Waals surface area contributed by atoms with Gasteiger partial charge in [0.05, 0.1) is 34.4 Å². The second-order valence-corrected chi connectivity index (χ2v) is 7.21. The van der Waals surface area contributed by atoms with Crippen LogP contribution in [-0.4, -0.2) is 26.6 Å². The van der Waals surface area contributed by atoms with E-state index in [4.69, 9.17) is 0 Å². The van der Waals surface area contributed by atoms with Crippen LogP contribution in [0.2, 0.25) is 0 Å². The van der Waals surface area contributed by atoms with Crippen molar-refractivity contribution in [1.29, 1.82) is 0 Å². The molecule has 3 heterocycles. The van der Waals surface area contributed by atoms with Gasteiger partial charge in [0.1, 0.15) is 0 Å². The third-order valence-electron chi connectivity index (χ3n) is 5.32. The maximum Gasteiger partial charge on any atom is 0.267 e. The number of para-hydroxylation sites is 1. The fourth-order valence-electron chi connectivity index (χ4n) is 3.93. The molecule has 0 spiro atoms. The summed E-state index contributed by atoms with van der Waals surface area (Å²) >= 11 is 0. The molecule has 4 aromatic rings. The highest BCUT2D eigenvalue weighted by molar-refractivity contribution is 6.37. The van der Waals surface area contributed by atoms with Gasteiger partial charge in [-0.2, -0.15) is 5.10 Å². The fourth-order valence-corrected chi connectivity index (χ4v) is 3.93. The molecule has 0 unspecified atom stereocenters. The molecule has 2 amide bonds. The lowest BCUT2D eigenvalue weighted by Crippen LogP contribution is -2.30. The Hall–Kier alpha value is -3.80. The summed E-state index contributed by atoms with van der Waals surface area (Å²) in [7, 11) is 0. The average Bonchev–Trinajstić information content (AvgIpc) is 3.17. The van der Waals surface area contributed by atoms with Crippen molar-refractivity contribution >= 4 is 28.5 Å². The van der Waals surface area contributed by atoms with Crippen LogP contribution in [0.15, 0.2) is 60.8 Å². The highest BCUT2D eigenvalue weighted by Crippen LogP contribution is 2.35. The van der Waals surface area contributed by atoms with Crippen molar-refractivity contribution in [3.8, 4) is 0 Å². The Morgan fingerprint density at radius 3 is 2.38 bits per heavy atom. The first-order valence-corrected chi connectivity index (χ1v) is 9.40. The van der Waals surface area contributed by atoms with Crippen molar-refractivity contribution in [2.24, 2.45) is 0 Å². The number of anilines is 1. The first-order chi connectivity index (χ1) is 14.1. The summed E-state index contributed by atoms with van der Waals surface area (Å²) in [4.78, 5) is 32.1. The van der Waals surface area contributed by atoms with Crippen LogP contribution in [0, 0.1) is 13.8 Å². The predicted molar refractivity (Wildman–Crippen MR) is 110 cm³/mol. The molecular weight excluding hydrogens is 364 g/mol. The number of amides is 2. The lowest BCUT2D eigenvalue weighted by atomic mass is 10.1. The van der Waals surface area contributed by atoms with Crippen LogP contribution in [0.4, 0.5) is 5.69 Å². The van der Waals surface area contributed by atoms with Gasteiger partial charge in [0.25, 0.3) is 11.8 Å². The largest absolute Gasteiger partial charge is 0.268 e. The maximum absolute atomic E-state index is 13.3. The molecule has 0 saturated heterocycles. The van der Waals surface area contributed by atoms with Gasteiger partial charge in [-0.15, -0.1) is 0 Å². The number of fused-ring (bicyclic) bond motifs is 3. The summed E-state index contributed by atoms with van der Waals surface area (Å²) < 4.78 is 1.79. The number of carbonyl (C=O) groups is 2. The molecule has 5 rings (SSSR count). The Morgan fingerprint density at radius 2 is 1.62 bits per heavy atom. The molecule has 0 saturated carbocycles. The minimum Gasteiger partial charge on any atom is -0.268 e. The van der Waals surface area contributed by atoms with Crippen LogP contribution < -0.4 is 4.90 Å². The van der Waals surface area contributed by atoms with Gasteiger partial charge in [-0.05, 0) is 31.0 Å². The molecule has 0 N–H and O–H groups in total. The third-order valence-corrected chi connectivity index (χ3v) is 5.32. The van der Waals surface area contributed by atoms with Crippen molar-refractivity contribution in [1.82, 2.24) is 14.8 Å². The van der Waals surface area contributed by atoms with E-state index in [1.807, 2.05) is 62.4 Å². The van der Waals surface area contributed by atoms with E-state index in [0.717, 1.165) is 11.1 Å². The Balaban J connectivity index is 1.66. The molecule has 0 aliphatic carbocycles. The quantitative estimate of drug-likeness (QED) is 0.504. The maximum atomic E-state index is 13.3. The zero-order valence-electron chi connectivity index (χ0n) is 16.1. The summed E-state index contributed by atoms with van der Waals surface area (Å²) in [5.74, 6) is -0.669. The number of aryl methyl sites for hydroxylation is 2. The molecule has 0 bridgehead atoms. The summed E-state index contributed by atoms with van der Waals surface area (Å²) in [6.07, 6.45) is 1.50. The molecular formula is C23H18N4O2. The van der Waals surface area contributed by atoms with Crippen molar-refractivity contribution in [2.75, 3.05) is 4.90 Å². The van der Waals surface area contributed by atoms with Crippen LogP contribution in [-0.2, 0) is 6.54 Å². The molecule has 29 heavy (non-hydrogen) atoms. The molecule has 0 radical (unpaired) electrons. The number of nitrogens with zero attached hydrogens (tertiary/aromatic N) is 4. The molecule has 142 valence electrons. The molecule has 6 heteroatoms. The Morgan fingerprint density at radius 1 is 0.897 bits per heavy atom. The number of rotatable bonds is 3. The van der Waals surface area contributed by atoms with Crippen molar-refractivity contribution in [3.05, 3.63) is 88.7 Å². The lowest BCUT2D eigenvalue weighted by molar-refractivity contribution is 0.0926. The van der Waals surface area contributed by atoms with Crippen molar-refractivity contribution < 1.29 is 9.59 Å². The van der Waals surface area contributed by atoms with Gasteiger partial charge in [-0.3, -0.25) is 9.59 Å². The van der Waals surface area contributed by atoms with Crippen LogP contribution in [0.5, 0.6) is 0 Å². The second-order valence-electron chi connectivity index (χ2n) is 7.21. The molecule has 0 atom stereocenters. The monoisotopic (exact) mass is 382 g/mol. The highest BCUT2D eigenvalue weighted by Gasteiger charge is 2.40. The number of benzene rings is 2. The van der Waals surface area contributed by atoms with Gasteiger partial charge in [0.2, 0.25) is 0 Å². The van der Waals surface area contributed by atoms with Gasteiger partial charge in [0.15, 0.2) is 5.65 Å². The Bertz CT molecular complexity index is 1290. The van der Waals surface area contributed by atoms with Gasteiger partial charge < -0.3 is 0 Å². The summed E-state index contributed by atoms with van der Waals surface area (Å²) in [5, 5.41) is 5.26. The summed E-state index contributed by atoms with van der Waals surface area (Å²) in [6.45, 7) is 4.27. The smallest absolute Gasteiger partial charge is 0.267 e. The van der Waals surface area contributed by atoms with Gasteiger partial charge in [0, 0.05) is 6.20 Å². The minimum atomic E-state index is -0.344. The number of hydrogen-bond donors (Lipinski definition) is 0. The van der Waals surface area contributed by atoms with Crippen molar-refractivity contribution in [3.63, 3.8) is 0 Å². The van der Waals surface area contributed by atoms with E-state index in [1.165, 1.54) is 11.1 Å². The van der Waals surface area contributed by atoms with Crippen LogP contribution in [0.1, 0.15) is 37.5 Å². The molecule has 1 aliphatic heterocycles. The zero-order valence-corrected chi connectivity index (χ0v) is 16.1. The van der Waals surface area contributed by atoms with Crippen LogP contribution in [0.25, 0.3) is 11.0 Å². The van der Waals surface area contributed by atoms with E-state index in [2.05, 4.69) is 10.1 Å². The second kappa shape index (κ2) is 6.38. The van der Waals surface area contributed by atoms with Crippen LogP contribution in [0.3, 0.4) is 0 Å². The number of carbonyl (C=O) groups excluding carboxylic acids is 2. The number of pyridine rings is 1. The highest BCUT2D eigenvalue weighted by atomic mass is 16.2. The summed E-state index contributed by atoms with van der Waals surface area (Å²) in [5.41, 5.74) is 4.56. The minimum absolute atomic E-state index is 0.325. The summed E-state index contributed by atoms with van der Waals surface area (Å²) in [6, 6.07) is 17.3. The first-order valence-electron chi connectivity index (χ1n) is 9.40. The van der Waals surface area contributed by atoms with E-state index >= 15 is 0 Å². The fraction of sp³-hybridized carbons (Fsp3) is 0.130. The molecule has 6 nitrogen and oxygen atoms in total. The molecule has 2 aromatic heterocycles. The Labute approximate surface area is 167 Å². The normalized spacial score (nSPS) is 13.4. The van der Waals surface area contributed by atoms with E-state index in [9.17, 15) is 9.59 Å². The van der Waals surface area contributed by atoms with E-state index in [0.29, 0.717) is 40.1 Å². The lowest BCUT2D eigenvalue weighted by Gasteiger charge is -2.16. The molecule has 0 fully saturated rings. The van der Waals surface area contributed by atoms with Crippen LogP contribution >= 0.6 is 0 Å². The average molecular weight is 382 g/mol. The van der Waals surface area contributed by atoms with Gasteiger partial charge in [-0.25, -0.2) is 14.6 Å². The molecule has 1 aliphatic rings. The number of hydrogen-bond acceptors (Lipinski definition) is 4. The topological polar surface area (TPSA) is 68.1 Å². The predicted octanol–water partition coefficient (Wildman–Crippen LogP) is 3.90. The van der Waals surface area contributed by atoms with E-state index in [-0.39, 0.29) is 11.8 Å². The zero-order chi connectivity index (χ0) is 20.1. The van der Waals surface area contributed by atoms with Gasteiger partial charge in [-0.1, -0.05) is 48.5 Å². The Kier molecular flexibility index (Phi) is 3.81. The third kappa shape index (κ3) is 2.56. The standard InChI is InChI=1S/C23H18N4O2/c1-14-8-6-7-11-18(14)27-22(28)17-12-24-21-19(20(17)23(27)29)15(2)25-26(21)13-16-9-4-3-5-10-16/h3-12H,13H2,1-2H3. The number of imide groups is 1. The SMILES string of the molecule is Cc1ccccc1N1C(=O)c2cnc3c(c(C)nn3Cc3ccccc3)c2C1=O. The van der Waals surface area contributed by atoms with E-state index in [1.54, 1.807) is 10.7 Å². The number of aromatic nitrogens is 3. The van der Waals surface area contributed by atoms with Gasteiger partial charge >= 0.3 is 0 Å². The first kappa shape index (κ1) is 17.3. The molecule has 2 aromatic carbocycles.